The Balaban J connectivity index is 0.00000400. The molecule has 1 rings (SSSR count). The Kier molecular flexibility index (Phi) is 6.19. The fourth-order valence-corrected chi connectivity index (χ4v) is 1.76. The molecule has 0 bridgehead atoms. The Bertz CT molecular complexity index is 517. The summed E-state index contributed by atoms with van der Waals surface area (Å²) in [5, 5.41) is 0. The number of esters is 1. The molecule has 120 valence electrons. The summed E-state index contributed by atoms with van der Waals surface area (Å²) in [6.07, 6.45) is -4.69. The standard InChI is InChI=1S/C13H15F4NO2.ClH/c1-12(2,11(19)20-3)10(18)7-4-8(13(15,16)17)6-9(14)5-7;/h4-6,10H,18H2,1-3H3;1H/t10-;/m1./s1. The van der Waals surface area contributed by atoms with Crippen molar-refractivity contribution < 1.29 is 27.1 Å². The summed E-state index contributed by atoms with van der Waals surface area (Å²) in [4.78, 5) is 11.6. The molecule has 1 aromatic carbocycles. The summed E-state index contributed by atoms with van der Waals surface area (Å²) >= 11 is 0. The van der Waals surface area contributed by atoms with E-state index in [1.807, 2.05) is 0 Å². The van der Waals surface area contributed by atoms with Crippen molar-refractivity contribution in [2.24, 2.45) is 11.1 Å². The minimum absolute atomic E-state index is 0. The van der Waals surface area contributed by atoms with Gasteiger partial charge in [-0.25, -0.2) is 4.39 Å². The molecule has 1 atom stereocenters. The van der Waals surface area contributed by atoms with Crippen molar-refractivity contribution in [2.75, 3.05) is 7.11 Å². The van der Waals surface area contributed by atoms with Crippen molar-refractivity contribution in [3.63, 3.8) is 0 Å². The van der Waals surface area contributed by atoms with Gasteiger partial charge in [0.15, 0.2) is 0 Å². The Labute approximate surface area is 125 Å². The van der Waals surface area contributed by atoms with Crippen LogP contribution in [0.2, 0.25) is 0 Å². The normalized spacial score (nSPS) is 13.3. The molecule has 0 radical (unpaired) electrons. The van der Waals surface area contributed by atoms with Crippen LogP contribution in [0.25, 0.3) is 0 Å². The second kappa shape index (κ2) is 6.62. The first-order valence-electron chi connectivity index (χ1n) is 5.72. The lowest BCUT2D eigenvalue weighted by molar-refractivity contribution is -0.152. The van der Waals surface area contributed by atoms with E-state index in [9.17, 15) is 22.4 Å². The Morgan fingerprint density at radius 3 is 2.19 bits per heavy atom. The van der Waals surface area contributed by atoms with Gasteiger partial charge in [0, 0.05) is 6.04 Å². The number of hydrogen-bond donors (Lipinski definition) is 1. The van der Waals surface area contributed by atoms with Gasteiger partial charge in [-0.1, -0.05) is 0 Å². The average Bonchev–Trinajstić information content (AvgIpc) is 2.34. The van der Waals surface area contributed by atoms with Crippen molar-refractivity contribution in [2.45, 2.75) is 26.1 Å². The van der Waals surface area contributed by atoms with Crippen LogP contribution in [0.15, 0.2) is 18.2 Å². The van der Waals surface area contributed by atoms with Crippen LogP contribution in [-0.4, -0.2) is 13.1 Å². The van der Waals surface area contributed by atoms with E-state index in [-0.39, 0.29) is 18.0 Å². The third-order valence-electron chi connectivity index (χ3n) is 3.10. The highest BCUT2D eigenvalue weighted by Crippen LogP contribution is 2.36. The molecule has 0 fully saturated rings. The van der Waals surface area contributed by atoms with E-state index in [0.29, 0.717) is 6.07 Å². The maximum atomic E-state index is 13.3. The molecule has 3 nitrogen and oxygen atoms in total. The maximum Gasteiger partial charge on any atom is 0.416 e. The molecule has 0 aliphatic carbocycles. The SMILES string of the molecule is COC(=O)C(C)(C)[C@H](N)c1cc(F)cc(C(F)(F)F)c1.Cl. The van der Waals surface area contributed by atoms with Crippen molar-refractivity contribution in [3.05, 3.63) is 35.1 Å². The Morgan fingerprint density at radius 2 is 1.76 bits per heavy atom. The molecule has 1 aromatic rings. The van der Waals surface area contributed by atoms with Gasteiger partial charge in [-0.3, -0.25) is 4.79 Å². The largest absolute Gasteiger partial charge is 0.469 e. The number of nitrogens with two attached hydrogens (primary N) is 1. The molecule has 0 heterocycles. The zero-order valence-electron chi connectivity index (χ0n) is 11.6. The first-order valence-corrected chi connectivity index (χ1v) is 5.72. The van der Waals surface area contributed by atoms with Crippen LogP contribution < -0.4 is 5.73 Å². The van der Waals surface area contributed by atoms with Crippen molar-refractivity contribution in [3.8, 4) is 0 Å². The molecule has 0 aliphatic rings. The Hall–Kier alpha value is -1.34. The predicted molar refractivity (Wildman–Crippen MR) is 71.4 cm³/mol. The summed E-state index contributed by atoms with van der Waals surface area (Å²) in [6, 6.07) is 0.858. The zero-order valence-corrected chi connectivity index (χ0v) is 12.4. The number of carbonyl (C=O) groups is 1. The van der Waals surface area contributed by atoms with E-state index >= 15 is 0 Å². The smallest absolute Gasteiger partial charge is 0.416 e. The molecule has 21 heavy (non-hydrogen) atoms. The highest BCUT2D eigenvalue weighted by Gasteiger charge is 2.38. The second-order valence-corrected chi connectivity index (χ2v) is 4.96. The maximum absolute atomic E-state index is 13.3. The van der Waals surface area contributed by atoms with E-state index in [2.05, 4.69) is 4.74 Å². The first-order chi connectivity index (χ1) is 9.00. The molecule has 0 aromatic heterocycles. The van der Waals surface area contributed by atoms with E-state index < -0.39 is 35.0 Å². The molecule has 0 spiro atoms. The Morgan fingerprint density at radius 1 is 1.24 bits per heavy atom. The van der Waals surface area contributed by atoms with Crippen LogP contribution in [0.1, 0.15) is 31.0 Å². The van der Waals surface area contributed by atoms with Gasteiger partial charge in [0.05, 0.1) is 18.1 Å². The van der Waals surface area contributed by atoms with Crippen LogP contribution in [0.5, 0.6) is 0 Å². The van der Waals surface area contributed by atoms with E-state index in [0.717, 1.165) is 19.2 Å². The van der Waals surface area contributed by atoms with Gasteiger partial charge in [0.2, 0.25) is 0 Å². The van der Waals surface area contributed by atoms with Crippen molar-refractivity contribution in [1.82, 2.24) is 0 Å². The average molecular weight is 330 g/mol. The van der Waals surface area contributed by atoms with Crippen LogP contribution in [0, 0.1) is 11.2 Å². The summed E-state index contributed by atoms with van der Waals surface area (Å²) in [6.45, 7) is 2.84. The van der Waals surface area contributed by atoms with Crippen LogP contribution in [0.4, 0.5) is 17.6 Å². The number of benzene rings is 1. The highest BCUT2D eigenvalue weighted by atomic mass is 35.5. The number of hydrogen-bond acceptors (Lipinski definition) is 3. The summed E-state index contributed by atoms with van der Waals surface area (Å²) < 4.78 is 55.8. The molecular formula is C13H16ClF4NO2. The van der Waals surface area contributed by atoms with Crippen LogP contribution in [0.3, 0.4) is 0 Å². The number of methoxy groups -OCH3 is 1. The minimum Gasteiger partial charge on any atom is -0.469 e. The van der Waals surface area contributed by atoms with Gasteiger partial charge < -0.3 is 10.5 Å². The fraction of sp³-hybridized carbons (Fsp3) is 0.462. The molecule has 0 saturated carbocycles. The van der Waals surface area contributed by atoms with Gasteiger partial charge in [-0.2, -0.15) is 13.2 Å². The van der Waals surface area contributed by atoms with Crippen LogP contribution in [-0.2, 0) is 15.7 Å². The third-order valence-corrected chi connectivity index (χ3v) is 3.10. The topological polar surface area (TPSA) is 52.3 Å². The van der Waals surface area contributed by atoms with E-state index in [1.165, 1.54) is 13.8 Å². The number of alkyl halides is 3. The van der Waals surface area contributed by atoms with Crippen molar-refractivity contribution in [1.29, 1.82) is 0 Å². The number of halogens is 5. The molecule has 0 aliphatic heterocycles. The third kappa shape index (κ3) is 4.31. The zero-order chi connectivity index (χ0) is 15.7. The lowest BCUT2D eigenvalue weighted by atomic mass is 9.80. The van der Waals surface area contributed by atoms with E-state index in [4.69, 9.17) is 5.73 Å². The molecular weight excluding hydrogens is 314 g/mol. The molecule has 0 amide bonds. The summed E-state index contributed by atoms with van der Waals surface area (Å²) in [7, 11) is 1.14. The van der Waals surface area contributed by atoms with E-state index in [1.54, 1.807) is 0 Å². The molecule has 2 N–H and O–H groups in total. The highest BCUT2D eigenvalue weighted by molar-refractivity contribution is 5.85. The van der Waals surface area contributed by atoms with Gasteiger partial charge in [0.25, 0.3) is 0 Å². The molecule has 0 saturated heterocycles. The summed E-state index contributed by atoms with van der Waals surface area (Å²) in [5.41, 5.74) is 3.24. The van der Waals surface area contributed by atoms with Crippen molar-refractivity contribution >= 4 is 18.4 Å². The second-order valence-electron chi connectivity index (χ2n) is 4.96. The lowest BCUT2D eigenvalue weighted by Crippen LogP contribution is -2.37. The number of carbonyl (C=O) groups excluding carboxylic acids is 1. The van der Waals surface area contributed by atoms with Gasteiger partial charge in [0.1, 0.15) is 5.82 Å². The molecule has 8 heteroatoms. The lowest BCUT2D eigenvalue weighted by Gasteiger charge is -2.29. The van der Waals surface area contributed by atoms with Gasteiger partial charge in [-0.05, 0) is 37.6 Å². The first kappa shape index (κ1) is 19.7. The predicted octanol–water partition coefficient (Wildman–Crippen LogP) is 3.47. The minimum atomic E-state index is -4.69. The van der Waals surface area contributed by atoms with Crippen LogP contribution >= 0.6 is 12.4 Å². The number of rotatable bonds is 3. The molecule has 0 unspecified atom stereocenters. The quantitative estimate of drug-likeness (QED) is 0.682. The van der Waals surface area contributed by atoms with Gasteiger partial charge in [-0.15, -0.1) is 12.4 Å². The monoisotopic (exact) mass is 329 g/mol. The van der Waals surface area contributed by atoms with Gasteiger partial charge >= 0.3 is 12.1 Å². The summed E-state index contributed by atoms with van der Waals surface area (Å²) in [5.74, 6) is -1.76. The number of ether oxygens (including phenoxy) is 1. The fourth-order valence-electron chi connectivity index (χ4n) is 1.76.